The number of anilines is 1. The number of carbonyl (C=O) groups is 2. The maximum Gasteiger partial charge on any atom is 0.307 e. The Labute approximate surface area is 121 Å². The average Bonchev–Trinajstić information content (AvgIpc) is 2.88. The topological polar surface area (TPSA) is 108 Å². The second kappa shape index (κ2) is 6.17. The predicted molar refractivity (Wildman–Crippen MR) is 76.2 cm³/mol. The molecule has 0 saturated heterocycles. The van der Waals surface area contributed by atoms with Crippen LogP contribution in [0.5, 0.6) is 0 Å². The van der Waals surface area contributed by atoms with Crippen molar-refractivity contribution < 1.29 is 14.7 Å². The lowest BCUT2D eigenvalue weighted by Gasteiger charge is -2.04. The van der Waals surface area contributed by atoms with E-state index in [1.165, 1.54) is 0 Å². The molecule has 1 heterocycles. The van der Waals surface area contributed by atoms with Gasteiger partial charge in [-0.3, -0.25) is 14.7 Å². The molecule has 2 rings (SSSR count). The summed E-state index contributed by atoms with van der Waals surface area (Å²) >= 11 is 0. The molecule has 0 aliphatic carbocycles. The third-order valence-electron chi connectivity index (χ3n) is 2.79. The Morgan fingerprint density at radius 3 is 2.76 bits per heavy atom. The number of aromatic amines is 1. The van der Waals surface area contributed by atoms with Crippen molar-refractivity contribution in [1.29, 1.82) is 0 Å². The van der Waals surface area contributed by atoms with E-state index in [0.717, 1.165) is 0 Å². The Kier molecular flexibility index (Phi) is 4.32. The van der Waals surface area contributed by atoms with Crippen molar-refractivity contribution in [2.24, 2.45) is 0 Å². The van der Waals surface area contributed by atoms with Crippen LogP contribution in [0.15, 0.2) is 24.3 Å². The van der Waals surface area contributed by atoms with E-state index < -0.39 is 11.9 Å². The van der Waals surface area contributed by atoms with Gasteiger partial charge in [-0.1, -0.05) is 26.0 Å². The van der Waals surface area contributed by atoms with Crippen molar-refractivity contribution in [1.82, 2.24) is 15.2 Å². The van der Waals surface area contributed by atoms with Crippen LogP contribution in [0.1, 0.15) is 41.8 Å². The van der Waals surface area contributed by atoms with Crippen molar-refractivity contribution in [3.8, 4) is 0 Å². The molecule has 2 aromatic rings. The third kappa shape index (κ3) is 3.88. The fourth-order valence-electron chi connectivity index (χ4n) is 1.75. The van der Waals surface area contributed by atoms with Crippen LogP contribution >= 0.6 is 0 Å². The van der Waals surface area contributed by atoms with E-state index in [-0.39, 0.29) is 18.2 Å². The lowest BCUT2D eigenvalue weighted by Crippen LogP contribution is -2.14. The predicted octanol–water partition coefficient (Wildman–Crippen LogP) is 1.81. The molecule has 0 aliphatic heterocycles. The summed E-state index contributed by atoms with van der Waals surface area (Å²) in [6.07, 6.45) is -0.0954. The Hall–Kier alpha value is -2.70. The number of benzene rings is 1. The van der Waals surface area contributed by atoms with Gasteiger partial charge >= 0.3 is 5.97 Å². The lowest BCUT2D eigenvalue weighted by atomic mass is 10.1. The van der Waals surface area contributed by atoms with Gasteiger partial charge in [0.15, 0.2) is 0 Å². The first-order valence-electron chi connectivity index (χ1n) is 6.50. The van der Waals surface area contributed by atoms with Crippen LogP contribution in [0.4, 0.5) is 5.69 Å². The summed E-state index contributed by atoms with van der Waals surface area (Å²) in [6, 6.07) is 6.67. The molecule has 0 aliphatic rings. The Morgan fingerprint density at radius 2 is 2.14 bits per heavy atom. The number of hydrogen-bond donors (Lipinski definition) is 3. The molecule has 0 saturated carbocycles. The summed E-state index contributed by atoms with van der Waals surface area (Å²) in [6.45, 7) is 3.88. The van der Waals surface area contributed by atoms with Gasteiger partial charge < -0.3 is 10.4 Å². The van der Waals surface area contributed by atoms with E-state index in [4.69, 9.17) is 5.11 Å². The van der Waals surface area contributed by atoms with E-state index in [9.17, 15) is 9.59 Å². The number of nitrogens with zero attached hydrogens (tertiary/aromatic N) is 2. The van der Waals surface area contributed by atoms with Crippen LogP contribution in [-0.2, 0) is 11.2 Å². The highest BCUT2D eigenvalue weighted by Gasteiger charge is 2.14. The minimum atomic E-state index is -0.922. The van der Waals surface area contributed by atoms with Crippen molar-refractivity contribution in [2.75, 3.05) is 5.32 Å². The molecule has 1 aromatic carbocycles. The zero-order valence-corrected chi connectivity index (χ0v) is 11.8. The van der Waals surface area contributed by atoms with Gasteiger partial charge in [0.1, 0.15) is 5.82 Å². The van der Waals surface area contributed by atoms with Gasteiger partial charge in [-0.25, -0.2) is 4.98 Å². The van der Waals surface area contributed by atoms with Gasteiger partial charge in [-0.15, -0.1) is 5.10 Å². The molecule has 7 nitrogen and oxygen atoms in total. The smallest absolute Gasteiger partial charge is 0.307 e. The fourth-order valence-corrected chi connectivity index (χ4v) is 1.75. The second-order valence-electron chi connectivity index (χ2n) is 4.92. The number of carboxylic acid groups (broad SMARTS) is 1. The monoisotopic (exact) mass is 288 g/mol. The van der Waals surface area contributed by atoms with E-state index in [2.05, 4.69) is 20.5 Å². The van der Waals surface area contributed by atoms with E-state index >= 15 is 0 Å². The highest BCUT2D eigenvalue weighted by molar-refractivity contribution is 6.01. The summed E-state index contributed by atoms with van der Waals surface area (Å²) < 4.78 is 0. The number of amides is 1. The van der Waals surface area contributed by atoms with Crippen molar-refractivity contribution in [3.05, 3.63) is 41.5 Å². The number of rotatable bonds is 5. The van der Waals surface area contributed by atoms with Crippen LogP contribution in [-0.4, -0.2) is 32.2 Å². The van der Waals surface area contributed by atoms with Gasteiger partial charge in [0.25, 0.3) is 5.91 Å². The van der Waals surface area contributed by atoms with Crippen LogP contribution in [0.3, 0.4) is 0 Å². The fraction of sp³-hybridized carbons (Fsp3) is 0.286. The van der Waals surface area contributed by atoms with Crippen LogP contribution in [0.2, 0.25) is 0 Å². The lowest BCUT2D eigenvalue weighted by molar-refractivity contribution is -0.136. The number of hydrogen-bond acceptors (Lipinski definition) is 4. The van der Waals surface area contributed by atoms with Crippen molar-refractivity contribution >= 4 is 17.6 Å². The summed E-state index contributed by atoms with van der Waals surface area (Å²) in [7, 11) is 0. The standard InChI is InChI=1S/C14H16N4O3/c1-8(2)12-16-13(18-17-12)14(21)15-10-5-3-4-9(6-10)7-11(19)20/h3-6,8H,7H2,1-2H3,(H,15,21)(H,19,20)(H,16,17,18). The summed E-state index contributed by atoms with van der Waals surface area (Å²) in [5.41, 5.74) is 1.12. The first-order valence-corrected chi connectivity index (χ1v) is 6.50. The summed E-state index contributed by atoms with van der Waals surface area (Å²) in [4.78, 5) is 26.8. The molecule has 0 radical (unpaired) electrons. The Bertz CT molecular complexity index is 664. The maximum atomic E-state index is 12.0. The normalized spacial score (nSPS) is 10.6. The molecule has 110 valence electrons. The highest BCUT2D eigenvalue weighted by atomic mass is 16.4. The van der Waals surface area contributed by atoms with Crippen molar-refractivity contribution in [3.63, 3.8) is 0 Å². The van der Waals surface area contributed by atoms with E-state index in [1.54, 1.807) is 24.3 Å². The highest BCUT2D eigenvalue weighted by Crippen LogP contribution is 2.13. The molecular weight excluding hydrogens is 272 g/mol. The third-order valence-corrected chi connectivity index (χ3v) is 2.79. The number of aliphatic carboxylic acids is 1. The van der Waals surface area contributed by atoms with Crippen LogP contribution < -0.4 is 5.32 Å². The van der Waals surface area contributed by atoms with Crippen LogP contribution in [0, 0.1) is 0 Å². The number of carboxylic acids is 1. The van der Waals surface area contributed by atoms with Crippen molar-refractivity contribution in [2.45, 2.75) is 26.2 Å². The molecule has 3 N–H and O–H groups in total. The quantitative estimate of drug-likeness (QED) is 0.777. The van der Waals surface area contributed by atoms with Crippen LogP contribution in [0.25, 0.3) is 0 Å². The van der Waals surface area contributed by atoms with E-state index in [0.29, 0.717) is 17.1 Å². The minimum Gasteiger partial charge on any atom is -0.481 e. The SMILES string of the molecule is CC(C)c1nc(C(=O)Nc2cccc(CC(=O)O)c2)n[nH]1. The van der Waals surface area contributed by atoms with Gasteiger partial charge in [-0.2, -0.15) is 0 Å². The zero-order chi connectivity index (χ0) is 15.4. The molecule has 0 fully saturated rings. The first kappa shape index (κ1) is 14.7. The minimum absolute atomic E-state index is 0.0577. The average molecular weight is 288 g/mol. The van der Waals surface area contributed by atoms with E-state index in [1.807, 2.05) is 13.8 Å². The maximum absolute atomic E-state index is 12.0. The molecule has 0 bridgehead atoms. The summed E-state index contributed by atoms with van der Waals surface area (Å²) in [5, 5.41) is 18.0. The Balaban J connectivity index is 2.09. The molecule has 21 heavy (non-hydrogen) atoms. The second-order valence-corrected chi connectivity index (χ2v) is 4.92. The molecule has 0 spiro atoms. The molecule has 0 unspecified atom stereocenters. The first-order chi connectivity index (χ1) is 9.95. The number of carbonyl (C=O) groups excluding carboxylic acids is 1. The zero-order valence-electron chi connectivity index (χ0n) is 11.8. The Morgan fingerprint density at radius 1 is 1.38 bits per heavy atom. The largest absolute Gasteiger partial charge is 0.481 e. The molecular formula is C14H16N4O3. The summed E-state index contributed by atoms with van der Waals surface area (Å²) in [5.74, 6) is -0.514. The number of nitrogens with one attached hydrogen (secondary N) is 2. The molecule has 1 amide bonds. The van der Waals surface area contributed by atoms with Gasteiger partial charge in [0, 0.05) is 11.6 Å². The van der Waals surface area contributed by atoms with Gasteiger partial charge in [0.05, 0.1) is 6.42 Å². The van der Waals surface area contributed by atoms with Gasteiger partial charge in [0.2, 0.25) is 5.82 Å². The van der Waals surface area contributed by atoms with Gasteiger partial charge in [-0.05, 0) is 17.7 Å². The molecule has 1 aromatic heterocycles. The number of aromatic nitrogens is 3. The number of H-pyrrole nitrogens is 1. The molecule has 7 heteroatoms. The molecule has 0 atom stereocenters.